The fraction of sp³-hybridized carbons (Fsp3) is 0.0476. The zero-order valence-corrected chi connectivity index (χ0v) is 16.7. The highest BCUT2D eigenvalue weighted by Crippen LogP contribution is 2.34. The maximum atomic E-state index is 6.31. The van der Waals surface area contributed by atoms with E-state index in [9.17, 15) is 0 Å². The molecule has 0 radical (unpaired) electrons. The van der Waals surface area contributed by atoms with E-state index in [-0.39, 0.29) is 0 Å². The first-order chi connectivity index (χ1) is 14.1. The zero-order chi connectivity index (χ0) is 20.0. The van der Waals surface area contributed by atoms with Crippen LogP contribution in [0.25, 0.3) is 45.3 Å². The minimum absolute atomic E-state index is 0.412. The lowest BCUT2D eigenvalue weighted by atomic mass is 10.2. The van der Waals surface area contributed by atoms with Gasteiger partial charge < -0.3 is 9.40 Å². The van der Waals surface area contributed by atoms with Crippen LogP contribution in [-0.4, -0.2) is 25.1 Å². The number of halogens is 2. The lowest BCUT2D eigenvalue weighted by Gasteiger charge is -2.02. The number of H-pyrrole nitrogens is 1. The molecule has 0 saturated heterocycles. The van der Waals surface area contributed by atoms with Gasteiger partial charge in [0.05, 0.1) is 32.2 Å². The molecule has 0 unspecified atom stereocenters. The van der Waals surface area contributed by atoms with Crippen LogP contribution in [0.3, 0.4) is 0 Å². The van der Waals surface area contributed by atoms with Crippen LogP contribution in [-0.2, 0) is 0 Å². The Morgan fingerprint density at radius 1 is 0.897 bits per heavy atom. The molecule has 0 spiro atoms. The Bertz CT molecular complexity index is 1340. The van der Waals surface area contributed by atoms with E-state index in [2.05, 4.69) is 25.1 Å². The second kappa shape index (κ2) is 6.99. The van der Waals surface area contributed by atoms with Gasteiger partial charge in [0.1, 0.15) is 5.82 Å². The van der Waals surface area contributed by atoms with Crippen molar-refractivity contribution >= 4 is 34.2 Å². The first kappa shape index (κ1) is 17.8. The molecule has 0 saturated carbocycles. The molecule has 1 N–H and O–H groups in total. The topological polar surface area (TPSA) is 80.5 Å². The number of hydrogen-bond acceptors (Lipinski definition) is 5. The SMILES string of the molecule is Cc1cncc(-c2nnc(-c3ccc4nc(-c5c(Cl)cccc5Cl)[nH]c4c3)o2)c1. The van der Waals surface area contributed by atoms with Crippen molar-refractivity contribution in [2.75, 3.05) is 0 Å². The first-order valence-electron chi connectivity index (χ1n) is 8.78. The van der Waals surface area contributed by atoms with Gasteiger partial charge in [0, 0.05) is 18.0 Å². The van der Waals surface area contributed by atoms with E-state index in [4.69, 9.17) is 27.6 Å². The van der Waals surface area contributed by atoms with E-state index in [0.717, 1.165) is 27.7 Å². The number of nitrogens with one attached hydrogen (secondary N) is 1. The number of hydrogen-bond donors (Lipinski definition) is 1. The Labute approximate surface area is 175 Å². The number of pyridine rings is 1. The third-order valence-corrected chi connectivity index (χ3v) is 5.11. The molecule has 3 heterocycles. The molecule has 0 amide bonds. The number of rotatable bonds is 3. The second-order valence-electron chi connectivity index (χ2n) is 6.58. The van der Waals surface area contributed by atoms with E-state index in [1.165, 1.54) is 0 Å². The minimum atomic E-state index is 0.412. The molecule has 0 aliphatic carbocycles. The Hall–Kier alpha value is -3.22. The average Bonchev–Trinajstić information content (AvgIpc) is 3.34. The molecule has 6 nitrogen and oxygen atoms in total. The summed E-state index contributed by atoms with van der Waals surface area (Å²) in [6.45, 7) is 1.96. The van der Waals surface area contributed by atoms with Crippen molar-refractivity contribution in [1.82, 2.24) is 25.1 Å². The van der Waals surface area contributed by atoms with E-state index < -0.39 is 0 Å². The fourth-order valence-corrected chi connectivity index (χ4v) is 3.69. The highest BCUT2D eigenvalue weighted by Gasteiger charge is 2.15. The molecule has 5 aromatic rings. The summed E-state index contributed by atoms with van der Waals surface area (Å²) in [6.07, 6.45) is 3.47. The number of nitrogens with zero attached hydrogens (tertiary/aromatic N) is 4. The second-order valence-corrected chi connectivity index (χ2v) is 7.39. The third-order valence-electron chi connectivity index (χ3n) is 4.48. The molecule has 5 rings (SSSR count). The van der Waals surface area contributed by atoms with Gasteiger partial charge in [-0.15, -0.1) is 10.2 Å². The van der Waals surface area contributed by atoms with Crippen LogP contribution in [0.1, 0.15) is 5.56 Å². The summed E-state index contributed by atoms with van der Waals surface area (Å²) in [6, 6.07) is 13.0. The molecule has 29 heavy (non-hydrogen) atoms. The van der Waals surface area contributed by atoms with Gasteiger partial charge in [-0.05, 0) is 48.9 Å². The summed E-state index contributed by atoms with van der Waals surface area (Å²) in [5.74, 6) is 1.43. The van der Waals surface area contributed by atoms with Crippen LogP contribution < -0.4 is 0 Å². The summed E-state index contributed by atoms with van der Waals surface area (Å²) in [5.41, 5.74) is 4.83. The summed E-state index contributed by atoms with van der Waals surface area (Å²) in [5, 5.41) is 9.38. The van der Waals surface area contributed by atoms with Crippen molar-refractivity contribution in [3.63, 3.8) is 0 Å². The van der Waals surface area contributed by atoms with Gasteiger partial charge in [0.15, 0.2) is 0 Å². The van der Waals surface area contributed by atoms with Crippen LogP contribution in [0, 0.1) is 6.92 Å². The zero-order valence-electron chi connectivity index (χ0n) is 15.1. The molecule has 3 aromatic heterocycles. The number of benzene rings is 2. The van der Waals surface area contributed by atoms with Crippen molar-refractivity contribution in [2.24, 2.45) is 0 Å². The van der Waals surface area contributed by atoms with Gasteiger partial charge in [-0.3, -0.25) is 4.98 Å². The van der Waals surface area contributed by atoms with Crippen LogP contribution in [0.4, 0.5) is 0 Å². The fourth-order valence-electron chi connectivity index (χ4n) is 3.11. The van der Waals surface area contributed by atoms with E-state index in [0.29, 0.717) is 33.2 Å². The van der Waals surface area contributed by atoms with Gasteiger partial charge in [-0.1, -0.05) is 29.3 Å². The van der Waals surface area contributed by atoms with E-state index in [1.54, 1.807) is 30.6 Å². The molecular formula is C21H13Cl2N5O. The Kier molecular flexibility index (Phi) is 4.30. The van der Waals surface area contributed by atoms with E-state index >= 15 is 0 Å². The molecule has 0 atom stereocenters. The Balaban J connectivity index is 1.54. The lowest BCUT2D eigenvalue weighted by Crippen LogP contribution is -1.83. The number of fused-ring (bicyclic) bond motifs is 1. The summed E-state index contributed by atoms with van der Waals surface area (Å²) in [4.78, 5) is 12.0. The Morgan fingerprint density at radius 2 is 1.66 bits per heavy atom. The van der Waals surface area contributed by atoms with Crippen LogP contribution >= 0.6 is 23.2 Å². The average molecular weight is 422 g/mol. The quantitative estimate of drug-likeness (QED) is 0.388. The summed E-state index contributed by atoms with van der Waals surface area (Å²) in [7, 11) is 0. The molecule has 142 valence electrons. The lowest BCUT2D eigenvalue weighted by molar-refractivity contribution is 0.584. The van der Waals surface area contributed by atoms with Crippen LogP contribution in [0.5, 0.6) is 0 Å². The Morgan fingerprint density at radius 3 is 2.41 bits per heavy atom. The maximum Gasteiger partial charge on any atom is 0.249 e. The monoisotopic (exact) mass is 421 g/mol. The van der Waals surface area contributed by atoms with Crippen molar-refractivity contribution in [3.05, 3.63) is 70.5 Å². The summed E-state index contributed by atoms with van der Waals surface area (Å²) < 4.78 is 5.85. The molecule has 0 bridgehead atoms. The highest BCUT2D eigenvalue weighted by molar-refractivity contribution is 6.39. The van der Waals surface area contributed by atoms with Gasteiger partial charge in [0.25, 0.3) is 0 Å². The predicted octanol–water partition coefficient (Wildman–Crippen LogP) is 5.96. The van der Waals surface area contributed by atoms with Crippen molar-refractivity contribution in [2.45, 2.75) is 6.92 Å². The van der Waals surface area contributed by atoms with Gasteiger partial charge in [-0.25, -0.2) is 4.98 Å². The summed E-state index contributed by atoms with van der Waals surface area (Å²) >= 11 is 12.6. The molecule has 8 heteroatoms. The van der Waals surface area contributed by atoms with Gasteiger partial charge >= 0.3 is 0 Å². The predicted molar refractivity (Wildman–Crippen MR) is 113 cm³/mol. The molecule has 0 aliphatic heterocycles. The molecular weight excluding hydrogens is 409 g/mol. The molecule has 2 aromatic carbocycles. The molecule has 0 fully saturated rings. The van der Waals surface area contributed by atoms with Gasteiger partial charge in [-0.2, -0.15) is 0 Å². The van der Waals surface area contributed by atoms with Crippen molar-refractivity contribution < 1.29 is 4.42 Å². The van der Waals surface area contributed by atoms with Gasteiger partial charge in [0.2, 0.25) is 11.8 Å². The number of imidazole rings is 1. The third kappa shape index (κ3) is 3.26. The van der Waals surface area contributed by atoms with Crippen LogP contribution in [0.2, 0.25) is 10.0 Å². The number of aryl methyl sites for hydroxylation is 1. The van der Waals surface area contributed by atoms with Crippen LogP contribution in [0.15, 0.2) is 59.3 Å². The normalized spacial score (nSPS) is 11.3. The molecule has 0 aliphatic rings. The van der Waals surface area contributed by atoms with E-state index in [1.807, 2.05) is 31.2 Å². The largest absolute Gasteiger partial charge is 0.416 e. The van der Waals surface area contributed by atoms with Crippen molar-refractivity contribution in [1.29, 1.82) is 0 Å². The first-order valence-corrected chi connectivity index (χ1v) is 9.54. The maximum absolute atomic E-state index is 6.31. The van der Waals surface area contributed by atoms with Crippen molar-refractivity contribution in [3.8, 4) is 34.3 Å². The highest BCUT2D eigenvalue weighted by atomic mass is 35.5. The minimum Gasteiger partial charge on any atom is -0.416 e. The number of aromatic nitrogens is 5. The number of aromatic amines is 1. The smallest absolute Gasteiger partial charge is 0.249 e. The standard InChI is InChI=1S/C21H13Cl2N5O/c1-11-7-13(10-24-9-11)21-28-27-20(29-21)12-5-6-16-17(8-12)26-19(25-16)18-14(22)3-2-4-15(18)23/h2-10H,1H3,(H,25,26).